The molecule has 1 aromatic heterocycles. The van der Waals surface area contributed by atoms with E-state index in [1.54, 1.807) is 6.92 Å². The lowest BCUT2D eigenvalue weighted by Crippen LogP contribution is -2.61. The van der Waals surface area contributed by atoms with Gasteiger partial charge in [0.1, 0.15) is 30.2 Å². The molecule has 1 saturated heterocycles. The number of nitrogens with two attached hydrogens (primary N) is 1. The van der Waals surface area contributed by atoms with Crippen molar-refractivity contribution in [2.45, 2.75) is 37.6 Å². The molecule has 0 spiro atoms. The molecule has 118 valence electrons. The highest BCUT2D eigenvalue weighted by atomic mass is 16.8. The third-order valence-corrected chi connectivity index (χ3v) is 3.19. The highest BCUT2D eigenvalue weighted by Crippen LogP contribution is 2.20. The quantitative estimate of drug-likeness (QED) is 0.379. The molecule has 6 N–H and O–H groups in total. The van der Waals surface area contributed by atoms with Crippen LogP contribution in [0.3, 0.4) is 0 Å². The Morgan fingerprint density at radius 1 is 1.38 bits per heavy atom. The SMILES string of the molecule is Cc1cn(OC2O[C@H](CO)[C@@H](O)[C@H](O)[C@H]2O)c(=O)nc1N. The number of aryl methyl sites for hydroxylation is 1. The Morgan fingerprint density at radius 2 is 2.05 bits per heavy atom. The standard InChI is InChI=1S/C11H17N3O7/c1-4-2-14(11(19)13-9(4)12)21-10-8(18)7(17)6(16)5(3-15)20-10/h2,5-8,10,15-18H,3H2,1H3,(H2,12,13,19)/t5-,6-,7+,8-,10?/m1/s1. The summed E-state index contributed by atoms with van der Waals surface area (Å²) >= 11 is 0. The van der Waals surface area contributed by atoms with Gasteiger partial charge in [-0.1, -0.05) is 0 Å². The maximum absolute atomic E-state index is 11.6. The Bertz CT molecular complexity index is 561. The van der Waals surface area contributed by atoms with Crippen molar-refractivity contribution in [3.8, 4) is 0 Å². The van der Waals surface area contributed by atoms with Gasteiger partial charge in [0.05, 0.1) is 12.8 Å². The minimum atomic E-state index is -1.62. The summed E-state index contributed by atoms with van der Waals surface area (Å²) < 4.78 is 5.80. The van der Waals surface area contributed by atoms with E-state index in [-0.39, 0.29) is 5.82 Å². The van der Waals surface area contributed by atoms with Crippen molar-refractivity contribution < 1.29 is 30.0 Å². The second-order valence-corrected chi connectivity index (χ2v) is 4.72. The number of hydrogen-bond donors (Lipinski definition) is 5. The van der Waals surface area contributed by atoms with Crippen LogP contribution in [0.25, 0.3) is 0 Å². The molecule has 1 unspecified atom stereocenters. The van der Waals surface area contributed by atoms with Crippen molar-refractivity contribution in [3.63, 3.8) is 0 Å². The highest BCUT2D eigenvalue weighted by molar-refractivity contribution is 5.34. The number of hydrogen-bond acceptors (Lipinski definition) is 9. The minimum Gasteiger partial charge on any atom is -0.394 e. The van der Waals surface area contributed by atoms with Crippen LogP contribution in [0.2, 0.25) is 0 Å². The van der Waals surface area contributed by atoms with E-state index in [9.17, 15) is 20.1 Å². The lowest BCUT2D eigenvalue weighted by Gasteiger charge is -2.39. The normalized spacial score (nSPS) is 32.9. The molecule has 5 atom stereocenters. The lowest BCUT2D eigenvalue weighted by molar-refractivity contribution is -0.301. The first kappa shape index (κ1) is 15.7. The van der Waals surface area contributed by atoms with Gasteiger partial charge < -0.3 is 35.7 Å². The molecular formula is C11H17N3O7. The van der Waals surface area contributed by atoms with E-state index in [4.69, 9.17) is 20.4 Å². The maximum Gasteiger partial charge on any atom is 0.382 e. The highest BCUT2D eigenvalue weighted by Gasteiger charge is 2.45. The third kappa shape index (κ3) is 2.99. The molecule has 1 aliphatic rings. The lowest BCUT2D eigenvalue weighted by atomic mass is 9.99. The number of nitrogens with zero attached hydrogens (tertiary/aromatic N) is 2. The monoisotopic (exact) mass is 303 g/mol. The van der Waals surface area contributed by atoms with Gasteiger partial charge in [-0.2, -0.15) is 4.98 Å². The van der Waals surface area contributed by atoms with Crippen LogP contribution in [0.15, 0.2) is 11.0 Å². The van der Waals surface area contributed by atoms with Crippen LogP contribution < -0.4 is 16.3 Å². The topological polar surface area (TPSA) is 160 Å². The van der Waals surface area contributed by atoms with Crippen molar-refractivity contribution in [1.82, 2.24) is 9.71 Å². The second-order valence-electron chi connectivity index (χ2n) is 4.72. The number of nitrogen functional groups attached to an aromatic ring is 1. The van der Waals surface area contributed by atoms with Gasteiger partial charge in [0.2, 0.25) is 0 Å². The number of aliphatic hydroxyl groups is 4. The van der Waals surface area contributed by atoms with E-state index < -0.39 is 43.0 Å². The van der Waals surface area contributed by atoms with Gasteiger partial charge in [-0.05, 0) is 6.92 Å². The van der Waals surface area contributed by atoms with Gasteiger partial charge >= 0.3 is 5.69 Å². The molecule has 1 aliphatic heterocycles. The Hall–Kier alpha value is -1.72. The van der Waals surface area contributed by atoms with Crippen molar-refractivity contribution in [2.75, 3.05) is 12.3 Å². The van der Waals surface area contributed by atoms with Crippen molar-refractivity contribution >= 4 is 5.82 Å². The molecule has 0 bridgehead atoms. The van der Waals surface area contributed by atoms with Gasteiger partial charge in [-0.3, -0.25) is 0 Å². The van der Waals surface area contributed by atoms with Crippen molar-refractivity contribution in [3.05, 3.63) is 22.2 Å². The zero-order valence-electron chi connectivity index (χ0n) is 11.2. The fourth-order valence-corrected chi connectivity index (χ4v) is 1.88. The van der Waals surface area contributed by atoms with Crippen LogP contribution in [-0.2, 0) is 4.74 Å². The van der Waals surface area contributed by atoms with Gasteiger partial charge in [0, 0.05) is 5.56 Å². The summed E-state index contributed by atoms with van der Waals surface area (Å²) in [6.07, 6.45) is -6.08. The number of ether oxygens (including phenoxy) is 1. The maximum atomic E-state index is 11.6. The average Bonchev–Trinajstić information content (AvgIpc) is 2.45. The molecule has 1 fully saturated rings. The molecule has 0 radical (unpaired) electrons. The molecule has 0 aromatic carbocycles. The van der Waals surface area contributed by atoms with Crippen LogP contribution in [0.4, 0.5) is 5.82 Å². The molecule has 0 amide bonds. The average molecular weight is 303 g/mol. The third-order valence-electron chi connectivity index (χ3n) is 3.19. The molecule has 0 saturated carbocycles. The first-order valence-electron chi connectivity index (χ1n) is 6.18. The van der Waals surface area contributed by atoms with E-state index in [1.165, 1.54) is 6.20 Å². The van der Waals surface area contributed by atoms with Gasteiger partial charge in [-0.15, -0.1) is 4.73 Å². The molecule has 0 aliphatic carbocycles. The number of aromatic nitrogens is 2. The van der Waals surface area contributed by atoms with Crippen LogP contribution in [0.5, 0.6) is 0 Å². The first-order valence-corrected chi connectivity index (χ1v) is 6.18. The smallest absolute Gasteiger partial charge is 0.382 e. The van der Waals surface area contributed by atoms with Crippen molar-refractivity contribution in [1.29, 1.82) is 0 Å². The zero-order valence-corrected chi connectivity index (χ0v) is 11.2. The van der Waals surface area contributed by atoms with Gasteiger partial charge in [0.25, 0.3) is 6.29 Å². The Kier molecular flexibility index (Phi) is 4.44. The Labute approximate surface area is 118 Å². The Balaban J connectivity index is 2.22. The molecule has 10 heteroatoms. The summed E-state index contributed by atoms with van der Waals surface area (Å²) in [7, 11) is 0. The fraction of sp³-hybridized carbons (Fsp3) is 0.636. The van der Waals surface area contributed by atoms with Gasteiger partial charge in [-0.25, -0.2) is 4.79 Å². The summed E-state index contributed by atoms with van der Waals surface area (Å²) in [6.45, 7) is 0.994. The van der Waals surface area contributed by atoms with Crippen LogP contribution in [-0.4, -0.2) is 67.5 Å². The molecule has 2 rings (SSSR count). The van der Waals surface area contributed by atoms with Crippen LogP contribution in [0.1, 0.15) is 5.56 Å². The largest absolute Gasteiger partial charge is 0.394 e. The summed E-state index contributed by atoms with van der Waals surface area (Å²) in [5.41, 5.74) is 5.09. The summed E-state index contributed by atoms with van der Waals surface area (Å²) in [6, 6.07) is 0. The number of rotatable bonds is 3. The Morgan fingerprint density at radius 3 is 2.67 bits per heavy atom. The predicted octanol–water partition coefficient (Wildman–Crippen LogP) is -3.64. The minimum absolute atomic E-state index is 0.0358. The summed E-state index contributed by atoms with van der Waals surface area (Å²) in [4.78, 5) is 20.2. The van der Waals surface area contributed by atoms with Crippen LogP contribution >= 0.6 is 0 Å². The van der Waals surface area contributed by atoms with E-state index >= 15 is 0 Å². The summed E-state index contributed by atoms with van der Waals surface area (Å²) in [5, 5.41) is 38.1. The predicted molar refractivity (Wildman–Crippen MR) is 68.0 cm³/mol. The van der Waals surface area contributed by atoms with E-state index in [0.717, 1.165) is 0 Å². The number of anilines is 1. The van der Waals surface area contributed by atoms with E-state index in [1.807, 2.05) is 0 Å². The van der Waals surface area contributed by atoms with E-state index in [2.05, 4.69) is 4.98 Å². The first-order chi connectivity index (χ1) is 9.85. The fourth-order valence-electron chi connectivity index (χ4n) is 1.88. The van der Waals surface area contributed by atoms with Crippen LogP contribution in [0, 0.1) is 6.92 Å². The number of aliphatic hydroxyl groups excluding tert-OH is 4. The second kappa shape index (κ2) is 5.95. The molecule has 21 heavy (non-hydrogen) atoms. The van der Waals surface area contributed by atoms with Gasteiger partial charge in [0.15, 0.2) is 0 Å². The van der Waals surface area contributed by atoms with E-state index in [0.29, 0.717) is 10.3 Å². The summed E-state index contributed by atoms with van der Waals surface area (Å²) in [5.74, 6) is 0.0358. The van der Waals surface area contributed by atoms with Crippen molar-refractivity contribution in [2.24, 2.45) is 0 Å². The molecule has 1 aromatic rings. The molecular weight excluding hydrogens is 286 g/mol. The molecule has 10 nitrogen and oxygen atoms in total. The zero-order chi connectivity index (χ0) is 15.7. The molecule has 2 heterocycles.